The largest absolute Gasteiger partial charge is 0.507 e. The highest BCUT2D eigenvalue weighted by Gasteiger charge is 2.17. The Labute approximate surface area is 182 Å². The van der Waals surface area contributed by atoms with E-state index in [2.05, 4.69) is 10.2 Å². The zero-order valence-electron chi connectivity index (χ0n) is 16.5. The van der Waals surface area contributed by atoms with Crippen molar-refractivity contribution >= 4 is 46.6 Å². The summed E-state index contributed by atoms with van der Waals surface area (Å²) in [6, 6.07) is 3.34. The van der Waals surface area contributed by atoms with E-state index in [-0.39, 0.29) is 11.5 Å². The molecule has 1 aromatic carbocycles. The molecule has 1 atom stereocenters. The van der Waals surface area contributed by atoms with Crippen LogP contribution in [0.4, 0.5) is 0 Å². The van der Waals surface area contributed by atoms with Crippen molar-refractivity contribution in [2.24, 2.45) is 0 Å². The van der Waals surface area contributed by atoms with Gasteiger partial charge in [-0.05, 0) is 38.8 Å². The Hall–Kier alpha value is -1.78. The number of nitrogens with zero attached hydrogens (tertiary/aromatic N) is 2. The molecule has 2 aromatic rings. The van der Waals surface area contributed by atoms with Crippen LogP contribution in [0.3, 0.4) is 0 Å². The van der Waals surface area contributed by atoms with Gasteiger partial charge in [-0.15, -0.1) is 10.2 Å². The number of hydrogen-bond donors (Lipinski definition) is 2. The van der Waals surface area contributed by atoms with Crippen molar-refractivity contribution in [3.63, 3.8) is 0 Å². The first kappa shape index (κ1) is 23.5. The number of carboxylic acids is 1. The number of rotatable bonds is 12. The summed E-state index contributed by atoms with van der Waals surface area (Å²) in [6.45, 7) is 5.53. The molecule has 1 aromatic heterocycles. The maximum absolute atomic E-state index is 11.6. The van der Waals surface area contributed by atoms with Gasteiger partial charge in [-0.25, -0.2) is 0 Å². The topological polar surface area (TPSA) is 110 Å². The van der Waals surface area contributed by atoms with Gasteiger partial charge in [-0.1, -0.05) is 48.2 Å². The fraction of sp³-hybridized carbons (Fsp3) is 0.474. The lowest BCUT2D eigenvalue weighted by Gasteiger charge is -2.14. The molecule has 0 aliphatic heterocycles. The van der Waals surface area contributed by atoms with E-state index in [0.717, 1.165) is 22.9 Å². The highest BCUT2D eigenvalue weighted by Crippen LogP contribution is 2.34. The summed E-state index contributed by atoms with van der Waals surface area (Å²) in [4.78, 5) is 22.5. The van der Waals surface area contributed by atoms with Crippen LogP contribution in [0.2, 0.25) is 0 Å². The van der Waals surface area contributed by atoms with E-state index >= 15 is 0 Å². The van der Waals surface area contributed by atoms with E-state index in [1.807, 2.05) is 6.92 Å². The Morgan fingerprint density at radius 3 is 2.66 bits per heavy atom. The van der Waals surface area contributed by atoms with Crippen LogP contribution in [-0.4, -0.2) is 49.8 Å². The fourth-order valence-electron chi connectivity index (χ4n) is 2.43. The molecule has 0 spiro atoms. The van der Waals surface area contributed by atoms with E-state index in [0.29, 0.717) is 34.2 Å². The summed E-state index contributed by atoms with van der Waals surface area (Å²) < 4.78 is 7.28. The normalized spacial score (nSPS) is 12.0. The second-order valence-electron chi connectivity index (χ2n) is 6.23. The van der Waals surface area contributed by atoms with E-state index in [1.165, 1.54) is 30.0 Å². The van der Waals surface area contributed by atoms with Crippen molar-refractivity contribution < 1.29 is 24.5 Å². The quantitative estimate of drug-likeness (QED) is 0.270. The SMILES string of the molecule is CCCc1c(OCCCSc2nnc(SC(C)C(=O)O)s2)ccc(C(C)=O)c1O. The lowest BCUT2D eigenvalue weighted by atomic mass is 10.0. The Morgan fingerprint density at radius 2 is 2.00 bits per heavy atom. The predicted octanol–water partition coefficient (Wildman–Crippen LogP) is 4.53. The molecule has 0 radical (unpaired) electrons. The molecule has 0 bridgehead atoms. The van der Waals surface area contributed by atoms with Crippen molar-refractivity contribution in [1.82, 2.24) is 10.2 Å². The molecule has 0 fully saturated rings. The highest BCUT2D eigenvalue weighted by molar-refractivity contribution is 8.03. The van der Waals surface area contributed by atoms with Crippen LogP contribution >= 0.6 is 34.9 Å². The smallest absolute Gasteiger partial charge is 0.316 e. The first-order valence-electron chi connectivity index (χ1n) is 9.17. The molecule has 2 rings (SSSR count). The maximum Gasteiger partial charge on any atom is 0.316 e. The first-order valence-corrected chi connectivity index (χ1v) is 11.9. The molecule has 29 heavy (non-hydrogen) atoms. The number of ketones is 1. The molecule has 2 N–H and O–H groups in total. The van der Waals surface area contributed by atoms with Crippen LogP contribution in [0.1, 0.15) is 49.5 Å². The number of ether oxygens (including phenoxy) is 1. The highest BCUT2D eigenvalue weighted by atomic mass is 32.2. The molecule has 0 aliphatic rings. The van der Waals surface area contributed by atoms with Crippen LogP contribution in [0.5, 0.6) is 11.5 Å². The first-order chi connectivity index (χ1) is 13.8. The Bertz CT molecular complexity index is 856. The van der Waals surface area contributed by atoms with Gasteiger partial charge in [0, 0.05) is 11.3 Å². The number of benzene rings is 1. The molecule has 1 heterocycles. The number of Topliss-reactive ketones (excluding diaryl/α,β-unsaturated/α-hetero) is 1. The Kier molecular flexibility index (Phi) is 9.25. The van der Waals surface area contributed by atoms with E-state index < -0.39 is 11.2 Å². The minimum atomic E-state index is -0.874. The summed E-state index contributed by atoms with van der Waals surface area (Å²) in [5.74, 6) is 0.350. The van der Waals surface area contributed by atoms with Gasteiger partial charge >= 0.3 is 5.97 Å². The monoisotopic (exact) mass is 456 g/mol. The third kappa shape index (κ3) is 6.90. The zero-order valence-corrected chi connectivity index (χ0v) is 19.0. The number of carbonyl (C=O) groups excluding carboxylic acids is 1. The van der Waals surface area contributed by atoms with Crippen molar-refractivity contribution in [2.75, 3.05) is 12.4 Å². The molecule has 1 unspecified atom stereocenters. The van der Waals surface area contributed by atoms with Crippen molar-refractivity contribution in [3.05, 3.63) is 23.3 Å². The summed E-state index contributed by atoms with van der Waals surface area (Å²) in [6.07, 6.45) is 2.23. The second kappa shape index (κ2) is 11.4. The summed E-state index contributed by atoms with van der Waals surface area (Å²) in [5, 5.41) is 26.8. The minimum absolute atomic E-state index is 0.0145. The van der Waals surface area contributed by atoms with Gasteiger partial charge in [-0.2, -0.15) is 0 Å². The third-order valence-electron chi connectivity index (χ3n) is 3.90. The fourth-order valence-corrected chi connectivity index (χ4v) is 5.52. The molecule has 0 saturated carbocycles. The number of aromatic hydroxyl groups is 1. The van der Waals surface area contributed by atoms with E-state index in [9.17, 15) is 14.7 Å². The number of thioether (sulfide) groups is 2. The molecule has 0 amide bonds. The van der Waals surface area contributed by atoms with Crippen LogP contribution in [-0.2, 0) is 11.2 Å². The van der Waals surface area contributed by atoms with Gasteiger partial charge in [0.05, 0.1) is 12.2 Å². The number of phenolic OH excluding ortho intramolecular Hbond substituents is 1. The lowest BCUT2D eigenvalue weighted by Crippen LogP contribution is -2.10. The molecule has 0 saturated heterocycles. The third-order valence-corrected chi connectivity index (χ3v) is 7.22. The number of carboxylic acid groups (broad SMARTS) is 1. The van der Waals surface area contributed by atoms with Gasteiger partial charge in [0.1, 0.15) is 16.7 Å². The van der Waals surface area contributed by atoms with Gasteiger partial charge in [0.25, 0.3) is 0 Å². The number of phenols is 1. The number of aromatic nitrogens is 2. The van der Waals surface area contributed by atoms with Crippen LogP contribution < -0.4 is 4.74 Å². The number of aliphatic carboxylic acids is 1. The van der Waals surface area contributed by atoms with Gasteiger partial charge in [-0.3, -0.25) is 9.59 Å². The number of carbonyl (C=O) groups is 2. The number of hydrogen-bond acceptors (Lipinski definition) is 9. The standard InChI is InChI=1S/C19H24N2O5S3/c1-4-6-14-15(8-7-13(11(2)22)16(14)23)26-9-5-10-27-18-20-21-19(29-18)28-12(3)17(24)25/h7-8,12,23H,4-6,9-10H2,1-3H3,(H,24,25). The van der Waals surface area contributed by atoms with E-state index in [1.54, 1.807) is 30.8 Å². The molecule has 0 aliphatic carbocycles. The second-order valence-corrected chi connectivity index (χ2v) is 10.1. The Morgan fingerprint density at radius 1 is 1.28 bits per heavy atom. The predicted molar refractivity (Wildman–Crippen MR) is 116 cm³/mol. The van der Waals surface area contributed by atoms with E-state index in [4.69, 9.17) is 9.84 Å². The maximum atomic E-state index is 11.6. The van der Waals surface area contributed by atoms with Crippen LogP contribution in [0, 0.1) is 0 Å². The molecular formula is C19H24N2O5S3. The molecule has 7 nitrogen and oxygen atoms in total. The van der Waals surface area contributed by atoms with Crippen LogP contribution in [0.15, 0.2) is 20.8 Å². The average molecular weight is 457 g/mol. The van der Waals surface area contributed by atoms with Crippen LogP contribution in [0.25, 0.3) is 0 Å². The average Bonchev–Trinajstić information content (AvgIpc) is 3.10. The zero-order chi connectivity index (χ0) is 21.4. The summed E-state index contributed by atoms with van der Waals surface area (Å²) in [7, 11) is 0. The van der Waals surface area contributed by atoms with Gasteiger partial charge in [0.2, 0.25) is 0 Å². The summed E-state index contributed by atoms with van der Waals surface area (Å²) in [5.41, 5.74) is 0.990. The van der Waals surface area contributed by atoms with Gasteiger partial charge in [0.15, 0.2) is 14.5 Å². The van der Waals surface area contributed by atoms with Crippen molar-refractivity contribution in [3.8, 4) is 11.5 Å². The van der Waals surface area contributed by atoms with Gasteiger partial charge < -0.3 is 14.9 Å². The lowest BCUT2D eigenvalue weighted by molar-refractivity contribution is -0.136. The molecule has 158 valence electrons. The molecular weight excluding hydrogens is 432 g/mol. The van der Waals surface area contributed by atoms with Crippen molar-refractivity contribution in [1.29, 1.82) is 0 Å². The Balaban J connectivity index is 1.84. The molecule has 10 heteroatoms. The minimum Gasteiger partial charge on any atom is -0.507 e. The van der Waals surface area contributed by atoms with Crippen molar-refractivity contribution in [2.45, 2.75) is 54.0 Å². The summed E-state index contributed by atoms with van der Waals surface area (Å²) >= 11 is 4.11.